The highest BCUT2D eigenvalue weighted by Gasteiger charge is 2.09. The maximum Gasteiger partial charge on any atom is 0.190 e. The van der Waals surface area contributed by atoms with Crippen LogP contribution in [0.15, 0.2) is 59.4 Å². The van der Waals surface area contributed by atoms with Crippen molar-refractivity contribution in [2.75, 3.05) is 0 Å². The minimum atomic E-state index is 0.00834. The summed E-state index contributed by atoms with van der Waals surface area (Å²) in [6, 6.07) is 17.3. The first kappa shape index (κ1) is 11.2. The van der Waals surface area contributed by atoms with Crippen molar-refractivity contribution in [2.45, 2.75) is 0 Å². The molecule has 0 radical (unpaired) electrons. The van der Waals surface area contributed by atoms with Gasteiger partial charge < -0.3 is 4.57 Å². The van der Waals surface area contributed by atoms with Gasteiger partial charge in [-0.3, -0.25) is 4.79 Å². The molecule has 4 rings (SSSR count). The number of para-hydroxylation sites is 2. The molecular weight excluding hydrogens is 248 g/mol. The summed E-state index contributed by atoms with van der Waals surface area (Å²) in [4.78, 5) is 17.1. The van der Waals surface area contributed by atoms with E-state index in [2.05, 4.69) is 0 Å². The third kappa shape index (κ3) is 1.40. The quantitative estimate of drug-likeness (QED) is 0.486. The van der Waals surface area contributed by atoms with Gasteiger partial charge in [-0.1, -0.05) is 30.3 Å². The Morgan fingerprint density at radius 1 is 0.900 bits per heavy atom. The van der Waals surface area contributed by atoms with E-state index in [1.165, 1.54) is 0 Å². The maximum absolute atomic E-state index is 12.4. The Labute approximate surface area is 115 Å². The van der Waals surface area contributed by atoms with Crippen molar-refractivity contribution in [3.05, 3.63) is 64.8 Å². The molecule has 0 amide bonds. The first-order valence-corrected chi connectivity index (χ1v) is 6.53. The zero-order valence-corrected chi connectivity index (χ0v) is 11.0. The van der Waals surface area contributed by atoms with Gasteiger partial charge in [-0.25, -0.2) is 4.98 Å². The largest absolute Gasteiger partial charge is 0.342 e. The fraction of sp³-hybridized carbons (Fsp3) is 0.0588. The predicted molar refractivity (Wildman–Crippen MR) is 82.0 cm³/mol. The van der Waals surface area contributed by atoms with Gasteiger partial charge in [0.1, 0.15) is 0 Å². The summed E-state index contributed by atoms with van der Waals surface area (Å²) >= 11 is 0. The normalized spacial score (nSPS) is 11.4. The summed E-state index contributed by atoms with van der Waals surface area (Å²) in [7, 11) is 1.97. The molecule has 20 heavy (non-hydrogen) atoms. The minimum Gasteiger partial charge on any atom is -0.342 e. The average Bonchev–Trinajstić information content (AvgIpc) is 2.65. The van der Waals surface area contributed by atoms with E-state index in [9.17, 15) is 4.79 Å². The lowest BCUT2D eigenvalue weighted by Crippen LogP contribution is -1.96. The molecule has 0 atom stereocenters. The summed E-state index contributed by atoms with van der Waals surface area (Å²) in [6.07, 6.45) is 0. The lowest BCUT2D eigenvalue weighted by atomic mass is 10.2. The Morgan fingerprint density at radius 3 is 2.45 bits per heavy atom. The smallest absolute Gasteiger partial charge is 0.190 e. The minimum absolute atomic E-state index is 0.00834. The van der Waals surface area contributed by atoms with Crippen molar-refractivity contribution >= 4 is 32.8 Å². The monoisotopic (exact) mass is 260 g/mol. The van der Waals surface area contributed by atoms with Gasteiger partial charge in [0.15, 0.2) is 5.43 Å². The Hall–Kier alpha value is -2.68. The van der Waals surface area contributed by atoms with Crippen LogP contribution in [-0.2, 0) is 7.05 Å². The zero-order valence-electron chi connectivity index (χ0n) is 11.0. The molecule has 0 fully saturated rings. The summed E-state index contributed by atoms with van der Waals surface area (Å²) in [5.41, 5.74) is 3.58. The highest BCUT2D eigenvalue weighted by molar-refractivity contribution is 6.06. The SMILES string of the molecule is Cn1c2ccccc2c2nc3ccccc3c(=O)cc21. The van der Waals surface area contributed by atoms with Gasteiger partial charge in [-0.15, -0.1) is 0 Å². The van der Waals surface area contributed by atoms with Crippen LogP contribution >= 0.6 is 0 Å². The number of hydrogen-bond acceptors (Lipinski definition) is 2. The number of aromatic nitrogens is 2. The molecule has 4 aromatic rings. The molecule has 2 heterocycles. The van der Waals surface area contributed by atoms with E-state index in [1.807, 2.05) is 60.1 Å². The number of nitrogens with zero attached hydrogens (tertiary/aromatic N) is 2. The van der Waals surface area contributed by atoms with E-state index in [0.717, 1.165) is 27.5 Å². The molecule has 0 spiro atoms. The van der Waals surface area contributed by atoms with Crippen LogP contribution in [0.25, 0.3) is 32.8 Å². The van der Waals surface area contributed by atoms with Crippen molar-refractivity contribution < 1.29 is 0 Å². The first-order chi connectivity index (χ1) is 9.75. The van der Waals surface area contributed by atoms with Crippen LogP contribution in [0.5, 0.6) is 0 Å². The molecule has 2 aromatic heterocycles. The molecule has 96 valence electrons. The first-order valence-electron chi connectivity index (χ1n) is 6.53. The molecule has 0 aliphatic carbocycles. The van der Waals surface area contributed by atoms with Crippen LogP contribution < -0.4 is 5.43 Å². The van der Waals surface area contributed by atoms with Crippen LogP contribution in [-0.4, -0.2) is 9.55 Å². The second-order valence-electron chi connectivity index (χ2n) is 4.95. The van der Waals surface area contributed by atoms with Crippen molar-refractivity contribution in [1.82, 2.24) is 9.55 Å². The summed E-state index contributed by atoms with van der Waals surface area (Å²) in [5, 5.41) is 1.73. The summed E-state index contributed by atoms with van der Waals surface area (Å²) < 4.78 is 2.03. The number of aryl methyl sites for hydroxylation is 1. The lowest BCUT2D eigenvalue weighted by Gasteiger charge is -1.94. The fourth-order valence-corrected chi connectivity index (χ4v) is 2.78. The molecule has 0 unspecified atom stereocenters. The average molecular weight is 260 g/mol. The van der Waals surface area contributed by atoms with Gasteiger partial charge in [0.05, 0.1) is 22.1 Å². The molecule has 0 aliphatic rings. The van der Waals surface area contributed by atoms with E-state index < -0.39 is 0 Å². The highest BCUT2D eigenvalue weighted by atomic mass is 16.1. The molecule has 0 bridgehead atoms. The second-order valence-corrected chi connectivity index (χ2v) is 4.95. The van der Waals surface area contributed by atoms with E-state index in [-0.39, 0.29) is 5.43 Å². The third-order valence-corrected chi connectivity index (χ3v) is 3.79. The summed E-state index contributed by atoms with van der Waals surface area (Å²) in [5.74, 6) is 0. The molecule has 2 aromatic carbocycles. The number of benzene rings is 2. The van der Waals surface area contributed by atoms with Gasteiger partial charge in [-0.2, -0.15) is 0 Å². The molecular formula is C17H12N2O. The Balaban J connectivity index is 2.39. The Kier molecular flexibility index (Phi) is 2.18. The number of hydrogen-bond donors (Lipinski definition) is 0. The number of rotatable bonds is 0. The number of fused-ring (bicyclic) bond motifs is 4. The van der Waals surface area contributed by atoms with Crippen molar-refractivity contribution in [2.24, 2.45) is 7.05 Å². The molecule has 3 nitrogen and oxygen atoms in total. The van der Waals surface area contributed by atoms with Gasteiger partial charge in [-0.05, 0) is 18.2 Å². The zero-order chi connectivity index (χ0) is 13.7. The molecule has 0 aliphatic heterocycles. The Morgan fingerprint density at radius 2 is 1.60 bits per heavy atom. The molecule has 0 saturated carbocycles. The maximum atomic E-state index is 12.4. The lowest BCUT2D eigenvalue weighted by molar-refractivity contribution is 1.01. The van der Waals surface area contributed by atoms with Crippen LogP contribution in [0.1, 0.15) is 0 Å². The standard InChI is InChI=1S/C17H12N2O/c1-19-14-9-5-3-7-12(14)17-15(19)10-16(20)11-6-2-4-8-13(11)18-17/h2-10H,1H3. The molecule has 3 heteroatoms. The van der Waals surface area contributed by atoms with E-state index >= 15 is 0 Å². The Bertz CT molecular complexity index is 1030. The van der Waals surface area contributed by atoms with Crippen LogP contribution in [0.2, 0.25) is 0 Å². The van der Waals surface area contributed by atoms with Crippen molar-refractivity contribution in [3.8, 4) is 0 Å². The van der Waals surface area contributed by atoms with Crippen LogP contribution in [0.3, 0.4) is 0 Å². The second kappa shape index (κ2) is 3.90. The fourth-order valence-electron chi connectivity index (χ4n) is 2.78. The third-order valence-electron chi connectivity index (χ3n) is 3.79. The topological polar surface area (TPSA) is 34.9 Å². The molecule has 0 saturated heterocycles. The van der Waals surface area contributed by atoms with E-state index in [1.54, 1.807) is 6.07 Å². The molecule has 0 N–H and O–H groups in total. The van der Waals surface area contributed by atoms with E-state index in [0.29, 0.717) is 5.39 Å². The van der Waals surface area contributed by atoms with Crippen molar-refractivity contribution in [3.63, 3.8) is 0 Å². The van der Waals surface area contributed by atoms with Gasteiger partial charge >= 0.3 is 0 Å². The van der Waals surface area contributed by atoms with Gasteiger partial charge in [0, 0.05) is 23.9 Å². The van der Waals surface area contributed by atoms with Crippen LogP contribution in [0.4, 0.5) is 0 Å². The summed E-state index contributed by atoms with van der Waals surface area (Å²) in [6.45, 7) is 0. The van der Waals surface area contributed by atoms with Crippen LogP contribution in [0, 0.1) is 0 Å². The van der Waals surface area contributed by atoms with Crippen molar-refractivity contribution in [1.29, 1.82) is 0 Å². The van der Waals surface area contributed by atoms with E-state index in [4.69, 9.17) is 4.98 Å². The van der Waals surface area contributed by atoms with Gasteiger partial charge in [0.2, 0.25) is 0 Å². The van der Waals surface area contributed by atoms with Gasteiger partial charge in [0.25, 0.3) is 0 Å². The highest BCUT2D eigenvalue weighted by Crippen LogP contribution is 2.25. The predicted octanol–water partition coefficient (Wildman–Crippen LogP) is 3.24.